The van der Waals surface area contributed by atoms with Crippen molar-refractivity contribution in [3.05, 3.63) is 77.9 Å². The largest absolute Gasteiger partial charge is 0.223 e. The lowest BCUT2D eigenvalue weighted by atomic mass is 9.95. The predicted octanol–water partition coefficient (Wildman–Crippen LogP) is 3.94. The zero-order valence-corrected chi connectivity index (χ0v) is 13.4. The van der Waals surface area contributed by atoms with Crippen LogP contribution in [0.5, 0.6) is 0 Å². The van der Waals surface area contributed by atoms with E-state index in [1.165, 1.54) is 12.1 Å². The summed E-state index contributed by atoms with van der Waals surface area (Å²) in [5.74, 6) is -1.43. The Labute approximate surface area is 134 Å². The molecule has 0 unspecified atom stereocenters. The first kappa shape index (κ1) is 15.9. The molecule has 0 bridgehead atoms. The lowest BCUT2D eigenvalue weighted by molar-refractivity contribution is 0.562. The Kier molecular flexibility index (Phi) is 3.64. The number of benzene rings is 2. The molecule has 0 amide bonds. The van der Waals surface area contributed by atoms with Gasteiger partial charge in [0.05, 0.1) is 10.1 Å². The van der Waals surface area contributed by atoms with Gasteiger partial charge in [0, 0.05) is 11.5 Å². The highest BCUT2D eigenvalue weighted by Gasteiger charge is 2.61. The Balaban J connectivity index is 2.02. The van der Waals surface area contributed by atoms with Gasteiger partial charge in [0.1, 0.15) is 11.6 Å². The van der Waals surface area contributed by atoms with Gasteiger partial charge < -0.3 is 0 Å². The second-order valence-corrected chi connectivity index (χ2v) is 8.05. The fraction of sp³-hybridized carbons (Fsp3) is 0.222. The molecule has 120 valence electrons. The van der Waals surface area contributed by atoms with Crippen LogP contribution in [0, 0.1) is 18.6 Å². The highest BCUT2D eigenvalue weighted by Crippen LogP contribution is 2.55. The third kappa shape index (κ3) is 2.49. The van der Waals surface area contributed by atoms with E-state index in [-0.39, 0.29) is 16.9 Å². The molecule has 0 radical (unpaired) electrons. The molecule has 1 aliphatic rings. The van der Waals surface area contributed by atoms with E-state index >= 15 is 0 Å². The third-order valence-corrected chi connectivity index (χ3v) is 6.72. The van der Waals surface area contributed by atoms with Gasteiger partial charge in [-0.25, -0.2) is 17.2 Å². The summed E-state index contributed by atoms with van der Waals surface area (Å²) in [5, 5.41) is -0.782. The molecule has 1 saturated carbocycles. The fourth-order valence-electron chi connectivity index (χ4n) is 3.00. The summed E-state index contributed by atoms with van der Waals surface area (Å²) in [6.07, 6.45) is 1.70. The van der Waals surface area contributed by atoms with E-state index in [2.05, 4.69) is 6.58 Å². The molecule has 0 aliphatic heterocycles. The molecule has 0 heterocycles. The summed E-state index contributed by atoms with van der Waals surface area (Å²) in [6.45, 7) is 5.55. The summed E-state index contributed by atoms with van der Waals surface area (Å²) < 4.78 is 52.8. The van der Waals surface area contributed by atoms with Crippen LogP contribution in [-0.4, -0.2) is 13.7 Å². The van der Waals surface area contributed by atoms with Crippen molar-refractivity contribution in [3.63, 3.8) is 0 Å². The third-order valence-electron chi connectivity index (χ3n) is 4.46. The Morgan fingerprint density at radius 2 is 1.83 bits per heavy atom. The van der Waals surface area contributed by atoms with Gasteiger partial charge in [-0.1, -0.05) is 29.8 Å². The first-order valence-corrected chi connectivity index (χ1v) is 8.75. The van der Waals surface area contributed by atoms with Crippen molar-refractivity contribution < 1.29 is 17.2 Å². The average Bonchev–Trinajstić information content (AvgIpc) is 3.24. The molecule has 5 heteroatoms. The normalized spacial score (nSPS) is 23.5. The summed E-state index contributed by atoms with van der Waals surface area (Å²) >= 11 is 0. The van der Waals surface area contributed by atoms with Gasteiger partial charge in [0.15, 0.2) is 9.84 Å². The van der Waals surface area contributed by atoms with Crippen molar-refractivity contribution in [2.75, 3.05) is 0 Å². The SMILES string of the molecule is C=C[C@]1(c2ccc(F)cc2F)C[C@H]1S(=O)(=O)c1ccc(C)cc1. The van der Waals surface area contributed by atoms with Crippen LogP contribution in [0.15, 0.2) is 60.0 Å². The number of hydrogen-bond acceptors (Lipinski definition) is 2. The summed E-state index contributed by atoms with van der Waals surface area (Å²) in [5.41, 5.74) is 0.135. The maximum atomic E-state index is 14.1. The van der Waals surface area contributed by atoms with Crippen molar-refractivity contribution >= 4 is 9.84 Å². The second kappa shape index (κ2) is 5.27. The highest BCUT2D eigenvalue weighted by molar-refractivity contribution is 7.92. The van der Waals surface area contributed by atoms with Crippen LogP contribution < -0.4 is 0 Å². The number of hydrogen-bond donors (Lipinski definition) is 0. The zero-order chi connectivity index (χ0) is 16.8. The molecule has 23 heavy (non-hydrogen) atoms. The number of halogens is 2. The van der Waals surface area contributed by atoms with Crippen LogP contribution in [0.3, 0.4) is 0 Å². The van der Waals surface area contributed by atoms with Gasteiger partial charge in [-0.2, -0.15) is 0 Å². The molecule has 2 aromatic rings. The van der Waals surface area contributed by atoms with Crippen LogP contribution >= 0.6 is 0 Å². The summed E-state index contributed by atoms with van der Waals surface area (Å²) in [6, 6.07) is 9.77. The minimum Gasteiger partial charge on any atom is -0.223 e. The van der Waals surface area contributed by atoms with Gasteiger partial charge in [-0.3, -0.25) is 0 Å². The van der Waals surface area contributed by atoms with Crippen molar-refractivity contribution in [2.24, 2.45) is 0 Å². The highest BCUT2D eigenvalue weighted by atomic mass is 32.2. The van der Waals surface area contributed by atoms with Crippen molar-refractivity contribution in [2.45, 2.75) is 28.9 Å². The standard InChI is InChI=1S/C18H16F2O2S/c1-3-18(15-9-6-13(19)10-16(15)20)11-17(18)23(21,22)14-7-4-12(2)5-8-14/h3-10,17H,1,11H2,2H3/t17-,18-/m1/s1. The zero-order valence-electron chi connectivity index (χ0n) is 12.6. The van der Waals surface area contributed by atoms with E-state index in [0.717, 1.165) is 17.7 Å². The monoisotopic (exact) mass is 334 g/mol. The van der Waals surface area contributed by atoms with Crippen molar-refractivity contribution in [1.82, 2.24) is 0 Å². The summed E-state index contributed by atoms with van der Waals surface area (Å²) in [7, 11) is -3.61. The van der Waals surface area contributed by atoms with Gasteiger partial charge in [-0.15, -0.1) is 6.58 Å². The van der Waals surface area contributed by atoms with Gasteiger partial charge in [-0.05, 0) is 37.1 Å². The van der Waals surface area contributed by atoms with Crippen molar-refractivity contribution in [1.29, 1.82) is 0 Å². The minimum atomic E-state index is -3.61. The van der Waals surface area contributed by atoms with Crippen LogP contribution in [0.4, 0.5) is 8.78 Å². The van der Waals surface area contributed by atoms with Crippen LogP contribution in [0.25, 0.3) is 0 Å². The van der Waals surface area contributed by atoms with Crippen LogP contribution in [0.2, 0.25) is 0 Å². The molecule has 1 fully saturated rings. The molecule has 1 aliphatic carbocycles. The van der Waals surface area contributed by atoms with E-state index < -0.39 is 32.1 Å². The molecule has 3 rings (SSSR count). The van der Waals surface area contributed by atoms with E-state index in [1.807, 2.05) is 6.92 Å². The fourth-order valence-corrected chi connectivity index (χ4v) is 5.12. The van der Waals surface area contributed by atoms with E-state index in [9.17, 15) is 17.2 Å². The van der Waals surface area contributed by atoms with E-state index in [0.29, 0.717) is 0 Å². The number of aryl methyl sites for hydroxylation is 1. The maximum absolute atomic E-state index is 14.1. The molecule has 0 N–H and O–H groups in total. The van der Waals surface area contributed by atoms with E-state index in [4.69, 9.17) is 0 Å². The molecule has 2 aromatic carbocycles. The number of sulfone groups is 1. The number of allylic oxidation sites excluding steroid dienone is 1. The Morgan fingerprint density at radius 3 is 2.39 bits per heavy atom. The molecular formula is C18H16F2O2S. The van der Waals surface area contributed by atoms with E-state index in [1.54, 1.807) is 24.3 Å². The Bertz CT molecular complexity index is 872. The topological polar surface area (TPSA) is 34.1 Å². The van der Waals surface area contributed by atoms with Gasteiger partial charge in [0.25, 0.3) is 0 Å². The van der Waals surface area contributed by atoms with Gasteiger partial charge >= 0.3 is 0 Å². The first-order chi connectivity index (χ1) is 10.8. The molecular weight excluding hydrogens is 318 g/mol. The Morgan fingerprint density at radius 1 is 1.17 bits per heavy atom. The molecule has 0 aromatic heterocycles. The molecule has 0 saturated heterocycles. The smallest absolute Gasteiger partial charge is 0.182 e. The Hall–Kier alpha value is -2.01. The second-order valence-electron chi connectivity index (χ2n) is 5.92. The number of rotatable bonds is 4. The van der Waals surface area contributed by atoms with Crippen molar-refractivity contribution in [3.8, 4) is 0 Å². The predicted molar refractivity (Wildman–Crippen MR) is 85.0 cm³/mol. The van der Waals surface area contributed by atoms with Crippen LogP contribution in [-0.2, 0) is 15.3 Å². The van der Waals surface area contributed by atoms with Gasteiger partial charge in [0.2, 0.25) is 0 Å². The summed E-state index contributed by atoms with van der Waals surface area (Å²) in [4.78, 5) is 0.208. The lowest BCUT2D eigenvalue weighted by Gasteiger charge is -2.15. The lowest BCUT2D eigenvalue weighted by Crippen LogP contribution is -2.19. The quantitative estimate of drug-likeness (QED) is 0.794. The maximum Gasteiger partial charge on any atom is 0.182 e. The molecule has 2 atom stereocenters. The molecule has 0 spiro atoms. The molecule has 2 nitrogen and oxygen atoms in total. The van der Waals surface area contributed by atoms with Crippen LogP contribution in [0.1, 0.15) is 17.5 Å². The minimum absolute atomic E-state index is 0.176. The first-order valence-electron chi connectivity index (χ1n) is 7.21. The average molecular weight is 334 g/mol.